The molecule has 0 amide bonds. The summed E-state index contributed by atoms with van der Waals surface area (Å²) in [7, 11) is 0. The number of nitrogens with zero attached hydrogens (tertiary/aromatic N) is 3. The second-order valence-electron chi connectivity index (χ2n) is 6.82. The van der Waals surface area contributed by atoms with Gasteiger partial charge in [0.15, 0.2) is 6.10 Å². The molecule has 0 N–H and O–H groups in total. The maximum atomic E-state index is 12.4. The second-order valence-corrected chi connectivity index (χ2v) is 6.82. The second kappa shape index (κ2) is 7.78. The molecule has 0 aliphatic rings. The molecule has 0 bridgehead atoms. The average molecular weight is 407 g/mol. The van der Waals surface area contributed by atoms with Crippen LogP contribution in [0.4, 0.5) is 5.69 Å². The molecule has 4 aromatic rings. The maximum absolute atomic E-state index is 12.4. The lowest BCUT2D eigenvalue weighted by Gasteiger charge is -2.08. The third kappa shape index (κ3) is 3.90. The highest BCUT2D eigenvalue weighted by atomic mass is 16.6. The Kier molecular flexibility index (Phi) is 5.01. The van der Waals surface area contributed by atoms with E-state index < -0.39 is 17.0 Å². The topological polar surface area (TPSA) is 122 Å². The Balaban J connectivity index is 1.43. The molecule has 0 saturated heterocycles. The molecule has 9 heteroatoms. The van der Waals surface area contributed by atoms with E-state index in [-0.39, 0.29) is 23.9 Å². The third-order valence-corrected chi connectivity index (χ3v) is 4.57. The Morgan fingerprint density at radius 1 is 1.20 bits per heavy atom. The minimum absolute atomic E-state index is 0.0391. The van der Waals surface area contributed by atoms with Gasteiger partial charge in [-0.15, -0.1) is 10.2 Å². The zero-order chi connectivity index (χ0) is 21.3. The van der Waals surface area contributed by atoms with E-state index in [9.17, 15) is 14.9 Å². The van der Waals surface area contributed by atoms with Crippen LogP contribution in [-0.2, 0) is 16.0 Å². The standard InChI is InChI=1S/C21H17N3O6/c1-12-3-8-17-15(11-28-18(17)9-12)10-19(25)29-13(2)20-22-23-21(30-20)14-4-6-16(7-5-14)24(26)27/h3-9,11,13H,10H2,1-2H3/t13-/m1/s1. The summed E-state index contributed by atoms with van der Waals surface area (Å²) in [6.45, 7) is 3.59. The fourth-order valence-corrected chi connectivity index (χ4v) is 3.01. The molecule has 2 heterocycles. The van der Waals surface area contributed by atoms with E-state index in [2.05, 4.69) is 10.2 Å². The van der Waals surface area contributed by atoms with Gasteiger partial charge in [-0.2, -0.15) is 0 Å². The smallest absolute Gasteiger partial charge is 0.311 e. The fourth-order valence-electron chi connectivity index (χ4n) is 3.01. The summed E-state index contributed by atoms with van der Waals surface area (Å²) in [4.78, 5) is 22.6. The summed E-state index contributed by atoms with van der Waals surface area (Å²) in [5, 5.41) is 19.4. The molecule has 4 rings (SSSR count). The number of nitro groups is 1. The van der Waals surface area contributed by atoms with E-state index in [0.29, 0.717) is 5.56 Å². The fraction of sp³-hybridized carbons (Fsp3) is 0.190. The number of carbonyl (C=O) groups excluding carboxylic acids is 1. The van der Waals surface area contributed by atoms with Gasteiger partial charge in [-0.25, -0.2) is 0 Å². The Bertz CT molecular complexity index is 1230. The molecule has 152 valence electrons. The van der Waals surface area contributed by atoms with E-state index in [1.165, 1.54) is 24.3 Å². The predicted molar refractivity (Wildman–Crippen MR) is 106 cm³/mol. The van der Waals surface area contributed by atoms with Crippen molar-refractivity contribution in [1.29, 1.82) is 0 Å². The van der Waals surface area contributed by atoms with E-state index in [1.807, 2.05) is 25.1 Å². The monoisotopic (exact) mass is 407 g/mol. The molecule has 9 nitrogen and oxygen atoms in total. The zero-order valence-electron chi connectivity index (χ0n) is 16.2. The number of non-ortho nitro benzene ring substituents is 1. The van der Waals surface area contributed by atoms with Crippen LogP contribution in [0.3, 0.4) is 0 Å². The Labute approximate surface area is 170 Å². The highest BCUT2D eigenvalue weighted by molar-refractivity contribution is 5.86. The Hall–Kier alpha value is -4.01. The van der Waals surface area contributed by atoms with Crippen molar-refractivity contribution in [1.82, 2.24) is 10.2 Å². The first-order chi connectivity index (χ1) is 14.4. The molecular formula is C21H17N3O6. The van der Waals surface area contributed by atoms with Crippen LogP contribution < -0.4 is 0 Å². The van der Waals surface area contributed by atoms with Crippen molar-refractivity contribution >= 4 is 22.6 Å². The molecule has 0 aliphatic carbocycles. The van der Waals surface area contributed by atoms with Gasteiger partial charge in [-0.05, 0) is 37.6 Å². The summed E-state index contributed by atoms with van der Waals surface area (Å²) in [6, 6.07) is 11.5. The summed E-state index contributed by atoms with van der Waals surface area (Å²) < 4.78 is 16.5. The van der Waals surface area contributed by atoms with Crippen LogP contribution in [0.25, 0.3) is 22.4 Å². The van der Waals surface area contributed by atoms with Gasteiger partial charge in [0, 0.05) is 28.6 Å². The molecule has 0 radical (unpaired) electrons. The van der Waals surface area contributed by atoms with Crippen LogP contribution in [0.2, 0.25) is 0 Å². The lowest BCUT2D eigenvalue weighted by Crippen LogP contribution is -2.11. The number of benzene rings is 2. The van der Waals surface area contributed by atoms with Gasteiger partial charge in [0.25, 0.3) is 11.6 Å². The van der Waals surface area contributed by atoms with E-state index >= 15 is 0 Å². The molecule has 1 atom stereocenters. The van der Waals surface area contributed by atoms with Crippen molar-refractivity contribution in [2.45, 2.75) is 26.4 Å². The molecule has 30 heavy (non-hydrogen) atoms. The van der Waals surface area contributed by atoms with Gasteiger partial charge in [-0.1, -0.05) is 12.1 Å². The zero-order valence-corrected chi connectivity index (χ0v) is 16.2. The van der Waals surface area contributed by atoms with Crippen molar-refractivity contribution in [2.24, 2.45) is 0 Å². The molecule has 0 aliphatic heterocycles. The minimum Gasteiger partial charge on any atom is -0.464 e. The number of esters is 1. The number of hydrogen-bond donors (Lipinski definition) is 0. The lowest BCUT2D eigenvalue weighted by molar-refractivity contribution is -0.384. The largest absolute Gasteiger partial charge is 0.464 e. The van der Waals surface area contributed by atoms with Crippen molar-refractivity contribution < 1.29 is 23.3 Å². The molecule has 0 spiro atoms. The summed E-state index contributed by atoms with van der Waals surface area (Å²) in [5.41, 5.74) is 3.01. The van der Waals surface area contributed by atoms with Crippen molar-refractivity contribution in [3.63, 3.8) is 0 Å². The highest BCUT2D eigenvalue weighted by Gasteiger charge is 2.20. The van der Waals surface area contributed by atoms with Gasteiger partial charge >= 0.3 is 5.97 Å². The van der Waals surface area contributed by atoms with Crippen molar-refractivity contribution in [3.8, 4) is 11.5 Å². The number of aromatic nitrogens is 2. The number of furan rings is 1. The van der Waals surface area contributed by atoms with Crippen LogP contribution in [0, 0.1) is 17.0 Å². The number of rotatable bonds is 6. The summed E-state index contributed by atoms with van der Waals surface area (Å²) >= 11 is 0. The summed E-state index contributed by atoms with van der Waals surface area (Å²) in [6.07, 6.45) is 0.844. The number of carbonyl (C=O) groups is 1. The van der Waals surface area contributed by atoms with Crippen LogP contribution >= 0.6 is 0 Å². The molecule has 2 aromatic heterocycles. The normalized spacial score (nSPS) is 12.1. The van der Waals surface area contributed by atoms with Crippen LogP contribution in [0.1, 0.15) is 30.0 Å². The van der Waals surface area contributed by atoms with Gasteiger partial charge in [0.05, 0.1) is 17.6 Å². The molecule has 0 fully saturated rings. The minimum atomic E-state index is -0.753. The quantitative estimate of drug-likeness (QED) is 0.259. The van der Waals surface area contributed by atoms with E-state index in [0.717, 1.165) is 22.1 Å². The molecule has 0 saturated carbocycles. The SMILES string of the molecule is Cc1ccc2c(CC(=O)O[C@H](C)c3nnc(-c4ccc([N+](=O)[O-])cc4)o3)coc2c1. The first kappa shape index (κ1) is 19.3. The molecular weight excluding hydrogens is 390 g/mol. The van der Waals surface area contributed by atoms with Crippen molar-refractivity contribution in [3.05, 3.63) is 75.9 Å². The van der Waals surface area contributed by atoms with E-state index in [1.54, 1.807) is 13.2 Å². The van der Waals surface area contributed by atoms with Gasteiger partial charge in [-0.3, -0.25) is 14.9 Å². The van der Waals surface area contributed by atoms with Crippen LogP contribution in [0.15, 0.2) is 57.6 Å². The van der Waals surface area contributed by atoms with E-state index in [4.69, 9.17) is 13.6 Å². The number of ether oxygens (including phenoxy) is 1. The highest BCUT2D eigenvalue weighted by Crippen LogP contribution is 2.26. The van der Waals surface area contributed by atoms with Crippen LogP contribution in [0.5, 0.6) is 0 Å². The van der Waals surface area contributed by atoms with Gasteiger partial charge < -0.3 is 13.6 Å². The first-order valence-corrected chi connectivity index (χ1v) is 9.15. The third-order valence-electron chi connectivity index (χ3n) is 4.57. The van der Waals surface area contributed by atoms with Gasteiger partial charge in [0.1, 0.15) is 5.58 Å². The number of fused-ring (bicyclic) bond motifs is 1. The first-order valence-electron chi connectivity index (χ1n) is 9.15. The lowest BCUT2D eigenvalue weighted by atomic mass is 10.1. The molecule has 2 aromatic carbocycles. The number of nitro benzene ring substituents is 1. The maximum Gasteiger partial charge on any atom is 0.311 e. The average Bonchev–Trinajstić information content (AvgIpc) is 3.35. The van der Waals surface area contributed by atoms with Gasteiger partial charge in [0.2, 0.25) is 5.89 Å². The van der Waals surface area contributed by atoms with Crippen molar-refractivity contribution in [2.75, 3.05) is 0 Å². The number of hydrogen-bond acceptors (Lipinski definition) is 8. The summed E-state index contributed by atoms with van der Waals surface area (Å²) in [5.74, 6) is -0.149. The number of aryl methyl sites for hydroxylation is 1. The Morgan fingerprint density at radius 3 is 2.70 bits per heavy atom. The molecule has 0 unspecified atom stereocenters. The van der Waals surface area contributed by atoms with Crippen LogP contribution in [-0.4, -0.2) is 21.1 Å². The Morgan fingerprint density at radius 2 is 1.97 bits per heavy atom. The predicted octanol–water partition coefficient (Wildman–Crippen LogP) is 4.55.